The zero-order chi connectivity index (χ0) is 24.7. The molecule has 0 saturated heterocycles. The molecule has 0 rings (SSSR count). The van der Waals surface area contributed by atoms with E-state index >= 15 is 0 Å². The number of ether oxygens (including phenoxy) is 3. The van der Waals surface area contributed by atoms with Gasteiger partial charge in [0.15, 0.2) is 0 Å². The lowest BCUT2D eigenvalue weighted by Crippen LogP contribution is -2.60. The van der Waals surface area contributed by atoms with Crippen LogP contribution in [0.3, 0.4) is 0 Å². The van der Waals surface area contributed by atoms with E-state index in [-0.39, 0.29) is 12.8 Å². The van der Waals surface area contributed by atoms with Crippen LogP contribution >= 0.6 is 0 Å². The van der Waals surface area contributed by atoms with E-state index in [0.717, 1.165) is 0 Å². The number of rotatable bonds is 13. The number of methoxy groups -OCH3 is 1. The number of halogens is 5. The van der Waals surface area contributed by atoms with Crippen molar-refractivity contribution in [2.24, 2.45) is 5.41 Å². The standard InChI is InChI=1S/C17H27F5O8S/c1-5-14(3,6-2)12(23)30-16(13(24)28-4,17(20,21)22)10-29-9-7-8-15(18,19)11-31(25,26)27/h5-11H2,1-4H3,(H,25,26,27). The van der Waals surface area contributed by atoms with Gasteiger partial charge in [-0.05, 0) is 26.2 Å². The Balaban J connectivity index is 5.44. The molecule has 0 aromatic carbocycles. The Bertz CT molecular complexity index is 719. The van der Waals surface area contributed by atoms with Crippen LogP contribution in [-0.4, -0.2) is 68.7 Å². The van der Waals surface area contributed by atoms with E-state index in [9.17, 15) is 40.0 Å². The zero-order valence-corrected chi connectivity index (χ0v) is 18.4. The maximum Gasteiger partial charge on any atom is 0.442 e. The van der Waals surface area contributed by atoms with E-state index in [1.807, 2.05) is 0 Å². The van der Waals surface area contributed by atoms with Crippen molar-refractivity contribution < 1.29 is 58.7 Å². The molecule has 0 amide bonds. The van der Waals surface area contributed by atoms with Gasteiger partial charge in [0, 0.05) is 13.0 Å². The highest BCUT2D eigenvalue weighted by Gasteiger charge is 2.66. The summed E-state index contributed by atoms with van der Waals surface area (Å²) in [6, 6.07) is 0. The molecule has 1 atom stereocenters. The highest BCUT2D eigenvalue weighted by Crippen LogP contribution is 2.39. The summed E-state index contributed by atoms with van der Waals surface area (Å²) in [4.78, 5) is 24.4. The van der Waals surface area contributed by atoms with Crippen LogP contribution in [0.15, 0.2) is 0 Å². The van der Waals surface area contributed by atoms with Gasteiger partial charge in [-0.3, -0.25) is 9.35 Å². The van der Waals surface area contributed by atoms with E-state index in [0.29, 0.717) is 7.11 Å². The highest BCUT2D eigenvalue weighted by molar-refractivity contribution is 7.85. The van der Waals surface area contributed by atoms with Crippen molar-refractivity contribution >= 4 is 22.1 Å². The first-order valence-corrected chi connectivity index (χ1v) is 10.8. The molecule has 0 aromatic rings. The third kappa shape index (κ3) is 8.48. The van der Waals surface area contributed by atoms with Gasteiger partial charge in [0.25, 0.3) is 16.0 Å². The number of alkyl halides is 5. The molecule has 0 aliphatic carbocycles. The molecular formula is C17H27F5O8S. The monoisotopic (exact) mass is 486 g/mol. The summed E-state index contributed by atoms with van der Waals surface area (Å²) in [7, 11) is -4.33. The molecule has 0 radical (unpaired) electrons. The summed E-state index contributed by atoms with van der Waals surface area (Å²) in [6.45, 7) is 2.13. The summed E-state index contributed by atoms with van der Waals surface area (Å²) in [5.74, 6) is -8.99. The molecule has 184 valence electrons. The van der Waals surface area contributed by atoms with Crippen LogP contribution in [0, 0.1) is 5.41 Å². The summed E-state index contributed by atoms with van der Waals surface area (Å²) in [6.07, 6.45) is -6.98. The van der Waals surface area contributed by atoms with Crippen molar-refractivity contribution in [1.82, 2.24) is 0 Å². The van der Waals surface area contributed by atoms with Crippen LogP contribution in [0.2, 0.25) is 0 Å². The maximum absolute atomic E-state index is 13.8. The Labute approximate surface area is 177 Å². The Morgan fingerprint density at radius 2 is 1.52 bits per heavy atom. The van der Waals surface area contributed by atoms with E-state index in [2.05, 4.69) is 9.47 Å². The van der Waals surface area contributed by atoms with Gasteiger partial charge >= 0.3 is 23.7 Å². The highest BCUT2D eigenvalue weighted by atomic mass is 32.2. The van der Waals surface area contributed by atoms with Crippen LogP contribution in [-0.2, 0) is 33.9 Å². The molecule has 0 aliphatic rings. The average molecular weight is 486 g/mol. The van der Waals surface area contributed by atoms with Gasteiger partial charge in [-0.15, -0.1) is 0 Å². The lowest BCUT2D eigenvalue weighted by atomic mass is 9.84. The van der Waals surface area contributed by atoms with Gasteiger partial charge in [-0.25, -0.2) is 13.6 Å². The molecular weight excluding hydrogens is 459 g/mol. The minimum atomic E-state index is -5.45. The van der Waals surface area contributed by atoms with Gasteiger partial charge in [-0.2, -0.15) is 21.6 Å². The molecule has 1 unspecified atom stereocenters. The second-order valence-electron chi connectivity index (χ2n) is 7.21. The van der Waals surface area contributed by atoms with Crippen LogP contribution in [0.4, 0.5) is 22.0 Å². The van der Waals surface area contributed by atoms with Crippen LogP contribution in [0.5, 0.6) is 0 Å². The Kier molecular flexibility index (Phi) is 10.3. The first-order valence-electron chi connectivity index (χ1n) is 9.19. The topological polar surface area (TPSA) is 116 Å². The molecule has 0 spiro atoms. The fourth-order valence-electron chi connectivity index (χ4n) is 2.36. The summed E-state index contributed by atoms with van der Waals surface area (Å²) >= 11 is 0. The molecule has 0 fully saturated rings. The maximum atomic E-state index is 13.8. The molecule has 31 heavy (non-hydrogen) atoms. The Morgan fingerprint density at radius 3 is 1.90 bits per heavy atom. The SMILES string of the molecule is CCC(C)(CC)C(=O)OC(COCCCC(F)(F)CS(=O)(=O)O)(C(=O)OC)C(F)(F)F. The Hall–Kier alpha value is -1.54. The number of hydrogen-bond donors (Lipinski definition) is 1. The van der Waals surface area contributed by atoms with Gasteiger partial charge in [-0.1, -0.05) is 13.8 Å². The van der Waals surface area contributed by atoms with Crippen molar-refractivity contribution in [2.75, 3.05) is 26.1 Å². The molecule has 1 N–H and O–H groups in total. The predicted molar refractivity (Wildman–Crippen MR) is 97.0 cm³/mol. The molecule has 0 saturated carbocycles. The van der Waals surface area contributed by atoms with Gasteiger partial charge in [0.2, 0.25) is 0 Å². The van der Waals surface area contributed by atoms with Gasteiger partial charge < -0.3 is 14.2 Å². The Morgan fingerprint density at radius 1 is 1.00 bits per heavy atom. The second kappa shape index (κ2) is 10.9. The minimum Gasteiger partial charge on any atom is -0.466 e. The fraction of sp³-hybridized carbons (Fsp3) is 0.882. The number of esters is 2. The van der Waals surface area contributed by atoms with E-state index in [1.54, 1.807) is 13.8 Å². The zero-order valence-electron chi connectivity index (χ0n) is 17.6. The van der Waals surface area contributed by atoms with E-state index in [1.165, 1.54) is 6.92 Å². The van der Waals surface area contributed by atoms with Crippen molar-refractivity contribution in [1.29, 1.82) is 0 Å². The smallest absolute Gasteiger partial charge is 0.442 e. The summed E-state index contributed by atoms with van der Waals surface area (Å²) in [5.41, 5.74) is -5.15. The van der Waals surface area contributed by atoms with Gasteiger partial charge in [0.05, 0.1) is 12.5 Å². The van der Waals surface area contributed by atoms with Crippen LogP contribution in [0.25, 0.3) is 0 Å². The average Bonchev–Trinajstić information content (AvgIpc) is 2.62. The quantitative estimate of drug-likeness (QED) is 0.183. The fourth-order valence-corrected chi connectivity index (χ4v) is 3.04. The molecule has 0 aliphatic heterocycles. The second-order valence-corrected chi connectivity index (χ2v) is 8.66. The minimum absolute atomic E-state index is 0.112. The number of hydrogen-bond acceptors (Lipinski definition) is 7. The predicted octanol–water partition coefficient (Wildman–Crippen LogP) is 3.15. The van der Waals surface area contributed by atoms with E-state index in [4.69, 9.17) is 9.29 Å². The van der Waals surface area contributed by atoms with Gasteiger partial charge in [0.1, 0.15) is 12.4 Å². The first kappa shape index (κ1) is 29.5. The summed E-state index contributed by atoms with van der Waals surface area (Å²) in [5, 5.41) is 0. The lowest BCUT2D eigenvalue weighted by molar-refractivity contribution is -0.284. The first-order chi connectivity index (χ1) is 13.9. The number of carbonyl (C=O) groups is 2. The van der Waals surface area contributed by atoms with Crippen molar-refractivity contribution in [3.8, 4) is 0 Å². The molecule has 0 aromatic heterocycles. The number of carbonyl (C=O) groups excluding carboxylic acids is 2. The third-order valence-electron chi connectivity index (χ3n) is 4.82. The lowest BCUT2D eigenvalue weighted by Gasteiger charge is -2.35. The normalized spacial score (nSPS) is 15.3. The third-order valence-corrected chi connectivity index (χ3v) is 5.61. The van der Waals surface area contributed by atoms with E-state index < -0.39 is 77.0 Å². The molecule has 0 heterocycles. The largest absolute Gasteiger partial charge is 0.466 e. The molecule has 8 nitrogen and oxygen atoms in total. The van der Waals surface area contributed by atoms with Crippen molar-refractivity contribution in [3.63, 3.8) is 0 Å². The van der Waals surface area contributed by atoms with Crippen molar-refractivity contribution in [3.05, 3.63) is 0 Å². The molecule has 14 heteroatoms. The van der Waals surface area contributed by atoms with Crippen molar-refractivity contribution in [2.45, 2.75) is 64.2 Å². The molecule has 0 bridgehead atoms. The van der Waals surface area contributed by atoms with Crippen LogP contribution < -0.4 is 0 Å². The summed E-state index contributed by atoms with van der Waals surface area (Å²) < 4.78 is 111. The van der Waals surface area contributed by atoms with Crippen LogP contribution in [0.1, 0.15) is 46.5 Å².